The summed E-state index contributed by atoms with van der Waals surface area (Å²) in [5.74, 6) is 1.38. The molecular formula is C20H29ClN6O. The fraction of sp³-hybridized carbons (Fsp3) is 0.650. The standard InChI is InChI=1S/C20H29ClN6O/c1-15(2)19(20-22-23-24-27(20)14-18-7-4-12-28-18)26-10-8-25(9-11-26)17-6-3-5-16(21)13-17/h3,5-6,13,15,18-19H,4,7-12,14H2,1-2H3/t18-,19-/m1/s1. The number of tetrazole rings is 1. The van der Waals surface area contributed by atoms with E-state index in [1.54, 1.807) is 0 Å². The first kappa shape index (κ1) is 19.6. The van der Waals surface area contributed by atoms with Crippen LogP contribution >= 0.6 is 11.6 Å². The Balaban J connectivity index is 1.45. The summed E-state index contributed by atoms with van der Waals surface area (Å²) in [6.45, 7) is 9.98. The van der Waals surface area contributed by atoms with Crippen molar-refractivity contribution in [1.29, 1.82) is 0 Å². The second-order valence-electron chi connectivity index (χ2n) is 8.05. The summed E-state index contributed by atoms with van der Waals surface area (Å²) in [6, 6.07) is 8.31. The van der Waals surface area contributed by atoms with Crippen molar-refractivity contribution in [3.63, 3.8) is 0 Å². The van der Waals surface area contributed by atoms with E-state index in [1.165, 1.54) is 5.69 Å². The first-order valence-corrected chi connectivity index (χ1v) is 10.6. The number of hydrogen-bond donors (Lipinski definition) is 0. The Morgan fingerprint density at radius 3 is 2.71 bits per heavy atom. The Bertz CT molecular complexity index is 768. The third-order valence-electron chi connectivity index (χ3n) is 5.74. The number of nitrogens with zero attached hydrogens (tertiary/aromatic N) is 6. The molecule has 3 heterocycles. The third kappa shape index (κ3) is 4.31. The Morgan fingerprint density at radius 1 is 1.21 bits per heavy atom. The van der Waals surface area contributed by atoms with Crippen molar-refractivity contribution in [2.75, 3.05) is 37.7 Å². The van der Waals surface area contributed by atoms with Gasteiger partial charge in [0.1, 0.15) is 0 Å². The summed E-state index contributed by atoms with van der Waals surface area (Å²) >= 11 is 6.17. The van der Waals surface area contributed by atoms with Crippen LogP contribution in [0.25, 0.3) is 0 Å². The number of ether oxygens (including phenoxy) is 1. The van der Waals surface area contributed by atoms with Gasteiger partial charge in [0, 0.05) is 43.5 Å². The molecule has 0 bridgehead atoms. The lowest BCUT2D eigenvalue weighted by Crippen LogP contribution is -2.49. The molecule has 2 atom stereocenters. The molecule has 0 unspecified atom stereocenters. The van der Waals surface area contributed by atoms with E-state index < -0.39 is 0 Å². The molecule has 2 saturated heterocycles. The predicted octanol–water partition coefficient (Wildman–Crippen LogP) is 3.02. The monoisotopic (exact) mass is 404 g/mol. The largest absolute Gasteiger partial charge is 0.376 e. The van der Waals surface area contributed by atoms with Gasteiger partial charge in [-0.15, -0.1) is 5.10 Å². The lowest BCUT2D eigenvalue weighted by Gasteiger charge is -2.41. The van der Waals surface area contributed by atoms with Crippen molar-refractivity contribution in [2.45, 2.75) is 45.4 Å². The van der Waals surface area contributed by atoms with Crippen molar-refractivity contribution in [2.24, 2.45) is 5.92 Å². The minimum absolute atomic E-state index is 0.206. The smallest absolute Gasteiger partial charge is 0.168 e. The zero-order valence-corrected chi connectivity index (χ0v) is 17.4. The summed E-state index contributed by atoms with van der Waals surface area (Å²) in [4.78, 5) is 4.92. The minimum Gasteiger partial charge on any atom is -0.376 e. The highest BCUT2D eigenvalue weighted by Crippen LogP contribution is 2.30. The average Bonchev–Trinajstić information content (AvgIpc) is 3.35. The third-order valence-corrected chi connectivity index (χ3v) is 5.97. The highest BCUT2D eigenvalue weighted by molar-refractivity contribution is 6.30. The number of anilines is 1. The normalized spacial score (nSPS) is 22.1. The van der Waals surface area contributed by atoms with Gasteiger partial charge in [0.15, 0.2) is 5.82 Å². The maximum absolute atomic E-state index is 6.17. The molecule has 8 heteroatoms. The Hall–Kier alpha value is -1.70. The van der Waals surface area contributed by atoms with Gasteiger partial charge in [0.05, 0.1) is 18.7 Å². The van der Waals surface area contributed by atoms with E-state index in [-0.39, 0.29) is 12.1 Å². The summed E-state index contributed by atoms with van der Waals surface area (Å²) in [5, 5.41) is 13.5. The molecule has 1 aromatic carbocycles. The van der Waals surface area contributed by atoms with Crippen LogP contribution in [0.2, 0.25) is 5.02 Å². The van der Waals surface area contributed by atoms with E-state index in [0.29, 0.717) is 5.92 Å². The Kier molecular flexibility index (Phi) is 6.13. The fourth-order valence-electron chi connectivity index (χ4n) is 4.35. The van der Waals surface area contributed by atoms with Crippen LogP contribution < -0.4 is 4.90 Å². The molecule has 0 amide bonds. The Labute approximate surface area is 171 Å². The van der Waals surface area contributed by atoms with Crippen molar-refractivity contribution >= 4 is 17.3 Å². The van der Waals surface area contributed by atoms with Gasteiger partial charge < -0.3 is 9.64 Å². The molecule has 2 fully saturated rings. The molecule has 2 aliphatic heterocycles. The van der Waals surface area contributed by atoms with Crippen LogP contribution in [0, 0.1) is 5.92 Å². The summed E-state index contributed by atoms with van der Waals surface area (Å²) < 4.78 is 7.75. The van der Waals surface area contributed by atoms with E-state index in [1.807, 2.05) is 22.9 Å². The molecule has 28 heavy (non-hydrogen) atoms. The fourth-order valence-corrected chi connectivity index (χ4v) is 4.53. The van der Waals surface area contributed by atoms with Crippen molar-refractivity contribution < 1.29 is 4.74 Å². The quantitative estimate of drug-likeness (QED) is 0.737. The van der Waals surface area contributed by atoms with E-state index in [0.717, 1.165) is 63.0 Å². The number of hydrogen-bond acceptors (Lipinski definition) is 6. The molecule has 0 saturated carbocycles. The highest BCUT2D eigenvalue weighted by atomic mass is 35.5. The molecule has 0 spiro atoms. The molecule has 0 N–H and O–H groups in total. The maximum Gasteiger partial charge on any atom is 0.168 e. The molecule has 2 aliphatic rings. The van der Waals surface area contributed by atoms with Gasteiger partial charge >= 0.3 is 0 Å². The zero-order chi connectivity index (χ0) is 19.5. The summed E-state index contributed by atoms with van der Waals surface area (Å²) in [7, 11) is 0. The maximum atomic E-state index is 6.17. The van der Waals surface area contributed by atoms with Crippen LogP contribution in [0.1, 0.15) is 38.6 Å². The van der Waals surface area contributed by atoms with E-state index >= 15 is 0 Å². The van der Waals surface area contributed by atoms with E-state index in [9.17, 15) is 0 Å². The summed E-state index contributed by atoms with van der Waals surface area (Å²) in [5.41, 5.74) is 1.19. The van der Waals surface area contributed by atoms with Gasteiger partial charge in [0.25, 0.3) is 0 Å². The van der Waals surface area contributed by atoms with Crippen LogP contribution in [-0.2, 0) is 11.3 Å². The topological polar surface area (TPSA) is 59.3 Å². The first-order chi connectivity index (χ1) is 13.6. The molecule has 2 aromatic rings. The highest BCUT2D eigenvalue weighted by Gasteiger charge is 2.32. The van der Waals surface area contributed by atoms with Crippen LogP contribution in [-0.4, -0.2) is 64.0 Å². The van der Waals surface area contributed by atoms with E-state index in [2.05, 4.69) is 45.2 Å². The van der Waals surface area contributed by atoms with Crippen molar-refractivity contribution in [3.8, 4) is 0 Å². The molecular weight excluding hydrogens is 376 g/mol. The van der Waals surface area contributed by atoms with Crippen LogP contribution in [0.4, 0.5) is 5.69 Å². The average molecular weight is 405 g/mol. The van der Waals surface area contributed by atoms with Crippen molar-refractivity contribution in [3.05, 3.63) is 35.1 Å². The predicted molar refractivity (Wildman–Crippen MR) is 110 cm³/mol. The van der Waals surface area contributed by atoms with Gasteiger partial charge in [-0.2, -0.15) is 0 Å². The molecule has 0 aliphatic carbocycles. The molecule has 1 aromatic heterocycles. The number of rotatable bonds is 6. The number of halogens is 1. The number of aromatic nitrogens is 4. The lowest BCUT2D eigenvalue weighted by molar-refractivity contribution is 0.0865. The molecule has 7 nitrogen and oxygen atoms in total. The van der Waals surface area contributed by atoms with Gasteiger partial charge in [0.2, 0.25) is 0 Å². The van der Waals surface area contributed by atoms with Crippen LogP contribution in [0.5, 0.6) is 0 Å². The lowest BCUT2D eigenvalue weighted by atomic mass is 10.0. The van der Waals surface area contributed by atoms with Crippen LogP contribution in [0.15, 0.2) is 24.3 Å². The van der Waals surface area contributed by atoms with Crippen LogP contribution in [0.3, 0.4) is 0 Å². The second kappa shape index (κ2) is 8.76. The SMILES string of the molecule is CC(C)[C@H](c1nnnn1C[C@H]1CCCO1)N1CCN(c2cccc(Cl)c2)CC1. The second-order valence-corrected chi connectivity index (χ2v) is 8.48. The zero-order valence-electron chi connectivity index (χ0n) is 16.7. The molecule has 4 rings (SSSR count). The molecule has 0 radical (unpaired) electrons. The summed E-state index contributed by atoms with van der Waals surface area (Å²) in [6.07, 6.45) is 2.44. The van der Waals surface area contributed by atoms with E-state index in [4.69, 9.17) is 16.3 Å². The van der Waals surface area contributed by atoms with Gasteiger partial charge in [-0.05, 0) is 47.4 Å². The number of piperazine rings is 1. The number of benzene rings is 1. The van der Waals surface area contributed by atoms with Gasteiger partial charge in [-0.1, -0.05) is 31.5 Å². The minimum atomic E-state index is 0.206. The van der Waals surface area contributed by atoms with Gasteiger partial charge in [-0.3, -0.25) is 4.90 Å². The van der Waals surface area contributed by atoms with Gasteiger partial charge in [-0.25, -0.2) is 4.68 Å². The first-order valence-electron chi connectivity index (χ1n) is 10.2. The van der Waals surface area contributed by atoms with Crippen molar-refractivity contribution in [1.82, 2.24) is 25.1 Å². The Morgan fingerprint density at radius 2 is 2.04 bits per heavy atom. The molecule has 152 valence electrons.